The Morgan fingerprint density at radius 3 is 1.96 bits per heavy atom. The minimum absolute atomic E-state index is 0. The van der Waals surface area contributed by atoms with Crippen molar-refractivity contribution < 1.29 is 18.7 Å². The van der Waals surface area contributed by atoms with E-state index in [1.807, 2.05) is 66.7 Å². The fourth-order valence-electron chi connectivity index (χ4n) is 5.60. The molecule has 1 aliphatic rings. The van der Waals surface area contributed by atoms with E-state index >= 15 is 4.39 Å². The maximum atomic E-state index is 15.4. The third-order valence-electron chi connectivity index (χ3n) is 7.73. The van der Waals surface area contributed by atoms with Crippen molar-refractivity contribution in [3.8, 4) is 11.1 Å². The van der Waals surface area contributed by atoms with Crippen LogP contribution in [-0.4, -0.2) is 36.2 Å². The number of hydrogen-bond acceptors (Lipinski definition) is 5. The summed E-state index contributed by atoms with van der Waals surface area (Å²) in [7, 11) is 0. The highest BCUT2D eigenvalue weighted by molar-refractivity contribution is 5.90. The predicted octanol–water partition coefficient (Wildman–Crippen LogP) is 7.17. The Morgan fingerprint density at radius 2 is 1.47 bits per heavy atom. The number of benzene rings is 4. The fourth-order valence-corrected chi connectivity index (χ4v) is 5.60. The van der Waals surface area contributed by atoms with Gasteiger partial charge in [-0.2, -0.15) is 0 Å². The molecule has 0 unspecified atom stereocenters. The molecular weight excluding hydrogens is 591 g/mol. The van der Waals surface area contributed by atoms with Crippen LogP contribution in [0.3, 0.4) is 0 Å². The number of aromatic nitrogens is 1. The zero-order valence-corrected chi connectivity index (χ0v) is 25.3. The van der Waals surface area contributed by atoms with Crippen molar-refractivity contribution >= 4 is 35.9 Å². The summed E-state index contributed by atoms with van der Waals surface area (Å²) in [6.45, 7) is 1.81. The summed E-state index contributed by atoms with van der Waals surface area (Å²) in [5.74, 6) is -0.0849. The highest BCUT2D eigenvalue weighted by atomic mass is 35.5. The molecule has 2 amide bonds. The monoisotopic (exact) mass is 622 g/mol. The number of nitrogens with zero attached hydrogens (tertiary/aromatic N) is 2. The first-order chi connectivity index (χ1) is 21.4. The molecule has 0 bridgehead atoms. The number of cyclic esters (lactones) is 1. The van der Waals surface area contributed by atoms with Gasteiger partial charge in [0.2, 0.25) is 5.91 Å². The van der Waals surface area contributed by atoms with E-state index in [1.54, 1.807) is 18.3 Å². The molecule has 1 fully saturated rings. The van der Waals surface area contributed by atoms with Crippen LogP contribution in [-0.2, 0) is 15.1 Å². The third kappa shape index (κ3) is 6.51. The van der Waals surface area contributed by atoms with Gasteiger partial charge in [0.05, 0.1) is 18.8 Å². The van der Waals surface area contributed by atoms with Crippen LogP contribution in [0.25, 0.3) is 11.1 Å². The van der Waals surface area contributed by atoms with E-state index in [-0.39, 0.29) is 31.4 Å². The molecule has 0 radical (unpaired) electrons. The molecule has 5 aromatic rings. The van der Waals surface area contributed by atoms with Crippen LogP contribution in [0.15, 0.2) is 128 Å². The molecule has 4 aromatic carbocycles. The number of carbonyl (C=O) groups is 2. The number of hydrogen-bond donors (Lipinski definition) is 2. The molecule has 9 heteroatoms. The zero-order chi connectivity index (χ0) is 30.5. The van der Waals surface area contributed by atoms with Gasteiger partial charge in [0, 0.05) is 24.2 Å². The SMILES string of the molecule is CC(=O)NC[C@H]1CN(c2ccc(-c3ccc(NC(c4ccccc4)(c4ccccc4)c4ccccc4)nc3)c(F)c2)C(=O)O1.Cl. The van der Waals surface area contributed by atoms with Crippen molar-refractivity contribution in [3.05, 3.63) is 150 Å². The second-order valence-electron chi connectivity index (χ2n) is 10.6. The number of pyridine rings is 1. The van der Waals surface area contributed by atoms with Gasteiger partial charge in [-0.05, 0) is 47.0 Å². The number of carbonyl (C=O) groups excluding carboxylic acids is 2. The topological polar surface area (TPSA) is 83.6 Å². The highest BCUT2D eigenvalue weighted by Gasteiger charge is 2.37. The standard InChI is InChI=1S/C36H31FN4O3.ClH/c1-25(42)38-23-31-24-41(35(43)44-31)30-18-19-32(33(37)21-30)26-17-20-34(39-22-26)40-36(27-11-5-2-6-12-27,28-13-7-3-8-14-28)29-15-9-4-10-16-29;/h2-22,31H,23-24H2,1H3,(H,38,42)(H,39,40);1H/t31-;/m0./s1. The average Bonchev–Trinajstić information content (AvgIpc) is 3.44. The third-order valence-corrected chi connectivity index (χ3v) is 7.73. The first-order valence-corrected chi connectivity index (χ1v) is 14.4. The Balaban J connectivity index is 0.00000400. The van der Waals surface area contributed by atoms with Gasteiger partial charge >= 0.3 is 6.09 Å². The van der Waals surface area contributed by atoms with E-state index in [0.29, 0.717) is 22.6 Å². The van der Waals surface area contributed by atoms with Crippen LogP contribution in [0.2, 0.25) is 0 Å². The average molecular weight is 623 g/mol. The molecule has 0 saturated carbocycles. The van der Waals surface area contributed by atoms with Gasteiger partial charge in [0.1, 0.15) is 23.3 Å². The van der Waals surface area contributed by atoms with E-state index in [0.717, 1.165) is 16.7 Å². The Bertz CT molecular complexity index is 1660. The molecule has 228 valence electrons. The minimum atomic E-state index is -0.743. The smallest absolute Gasteiger partial charge is 0.414 e. The zero-order valence-electron chi connectivity index (χ0n) is 24.5. The van der Waals surface area contributed by atoms with Crippen LogP contribution in [0, 0.1) is 5.82 Å². The van der Waals surface area contributed by atoms with Crippen LogP contribution in [0.1, 0.15) is 23.6 Å². The molecule has 1 atom stereocenters. The second-order valence-corrected chi connectivity index (χ2v) is 10.6. The maximum Gasteiger partial charge on any atom is 0.414 e. The normalized spacial score (nSPS) is 14.3. The molecular formula is C36H32ClFN4O3. The van der Waals surface area contributed by atoms with E-state index in [2.05, 4.69) is 47.0 Å². The molecule has 45 heavy (non-hydrogen) atoms. The Kier molecular flexibility index (Phi) is 9.45. The van der Waals surface area contributed by atoms with E-state index in [4.69, 9.17) is 9.72 Å². The Morgan fingerprint density at radius 1 is 0.889 bits per heavy atom. The number of nitrogens with one attached hydrogen (secondary N) is 2. The van der Waals surface area contributed by atoms with E-state index in [9.17, 15) is 9.59 Å². The van der Waals surface area contributed by atoms with Gasteiger partial charge in [-0.15, -0.1) is 12.4 Å². The summed E-state index contributed by atoms with van der Waals surface area (Å²) in [4.78, 5) is 29.7. The van der Waals surface area contributed by atoms with Gasteiger partial charge in [0.25, 0.3) is 0 Å². The van der Waals surface area contributed by atoms with Crippen LogP contribution < -0.4 is 15.5 Å². The van der Waals surface area contributed by atoms with Crippen molar-refractivity contribution in [1.29, 1.82) is 0 Å². The second kappa shape index (κ2) is 13.6. The molecule has 0 spiro atoms. The minimum Gasteiger partial charge on any atom is -0.442 e. The van der Waals surface area contributed by atoms with Crippen molar-refractivity contribution in [1.82, 2.24) is 10.3 Å². The first kappa shape index (κ1) is 31.2. The summed E-state index contributed by atoms with van der Waals surface area (Å²) in [5.41, 5.74) is 3.73. The summed E-state index contributed by atoms with van der Waals surface area (Å²) < 4.78 is 20.7. The molecule has 7 nitrogen and oxygen atoms in total. The number of amides is 2. The Hall–Kier alpha value is -5.21. The van der Waals surface area contributed by atoms with E-state index < -0.39 is 23.6 Å². The number of ether oxygens (including phenoxy) is 1. The molecule has 2 heterocycles. The van der Waals surface area contributed by atoms with Crippen LogP contribution >= 0.6 is 12.4 Å². The maximum absolute atomic E-state index is 15.4. The first-order valence-electron chi connectivity index (χ1n) is 14.4. The highest BCUT2D eigenvalue weighted by Crippen LogP contribution is 2.40. The van der Waals surface area contributed by atoms with E-state index in [1.165, 1.54) is 17.9 Å². The van der Waals surface area contributed by atoms with Gasteiger partial charge in [-0.25, -0.2) is 14.2 Å². The molecule has 2 N–H and O–H groups in total. The van der Waals surface area contributed by atoms with Crippen molar-refractivity contribution in [2.75, 3.05) is 23.3 Å². The lowest BCUT2D eigenvalue weighted by Crippen LogP contribution is -2.38. The quantitative estimate of drug-likeness (QED) is 0.170. The largest absolute Gasteiger partial charge is 0.442 e. The number of halogens is 2. The lowest BCUT2D eigenvalue weighted by molar-refractivity contribution is -0.119. The van der Waals surface area contributed by atoms with Crippen molar-refractivity contribution in [2.45, 2.75) is 18.6 Å². The fraction of sp³-hybridized carbons (Fsp3) is 0.139. The van der Waals surface area contributed by atoms with Gasteiger partial charge < -0.3 is 15.4 Å². The summed E-state index contributed by atoms with van der Waals surface area (Å²) >= 11 is 0. The van der Waals surface area contributed by atoms with Gasteiger partial charge in [-0.1, -0.05) is 91.0 Å². The molecule has 0 aliphatic carbocycles. The van der Waals surface area contributed by atoms with Crippen molar-refractivity contribution in [3.63, 3.8) is 0 Å². The molecule has 1 aromatic heterocycles. The number of rotatable bonds is 9. The molecule has 1 aliphatic heterocycles. The van der Waals surface area contributed by atoms with Gasteiger partial charge in [0.15, 0.2) is 0 Å². The van der Waals surface area contributed by atoms with Crippen LogP contribution in [0.5, 0.6) is 0 Å². The lowest BCUT2D eigenvalue weighted by Gasteiger charge is -2.37. The summed E-state index contributed by atoms with van der Waals surface area (Å²) in [6.07, 6.45) is 0.552. The Labute approximate surface area is 267 Å². The van der Waals surface area contributed by atoms with Crippen molar-refractivity contribution in [2.24, 2.45) is 0 Å². The number of anilines is 2. The van der Waals surface area contributed by atoms with Gasteiger partial charge in [-0.3, -0.25) is 9.69 Å². The molecule has 1 saturated heterocycles. The van der Waals surface area contributed by atoms with Crippen LogP contribution in [0.4, 0.5) is 20.7 Å². The molecule has 6 rings (SSSR count). The predicted molar refractivity (Wildman–Crippen MR) is 176 cm³/mol. The lowest BCUT2D eigenvalue weighted by atomic mass is 9.77. The summed E-state index contributed by atoms with van der Waals surface area (Å²) in [6, 6.07) is 39.0. The summed E-state index contributed by atoms with van der Waals surface area (Å²) in [5, 5.41) is 6.36.